The molecule has 328 valence electrons. The maximum Gasteiger partial charge on any atom is 0.336 e. The molecule has 0 spiro atoms. The van der Waals surface area contributed by atoms with Crippen LogP contribution in [0.1, 0.15) is 80.0 Å². The van der Waals surface area contributed by atoms with Gasteiger partial charge in [-0.1, -0.05) is 24.3 Å². The standard InChI is InChI=1S/C48H53FN8O6/c1-28-7-15-39(38(49)25-28)51-43-41-42(29(2)46(61)53(43)3)56(48(63)57(47(41)62)35-12-13-35)36-6-4-5-33(26-36)50-44(59)32-19-21-54(22-20-32)27-30-17-23-55(24-18-30)34-10-8-31(9-11-34)37-14-16-40(58)52-45(37)60/h4-11,15,25-26,30,32,35,37,51H,12-14,16-24,27H2,1-3H3,(H,50,59)(H,52,58,60)/t37-/m0/s1. The number of halogens is 1. The Kier molecular flexibility index (Phi) is 11.4. The van der Waals surface area contributed by atoms with Gasteiger partial charge in [0.25, 0.3) is 11.1 Å². The van der Waals surface area contributed by atoms with Gasteiger partial charge in [0, 0.05) is 62.0 Å². The van der Waals surface area contributed by atoms with Crippen molar-refractivity contribution < 1.29 is 18.8 Å². The highest BCUT2D eigenvalue weighted by atomic mass is 19.1. The number of carbonyl (C=O) groups excluding carboxylic acids is 3. The zero-order valence-electron chi connectivity index (χ0n) is 35.9. The Hall–Kier alpha value is -6.35. The molecule has 9 rings (SSSR count). The topological polar surface area (TPSA) is 160 Å². The summed E-state index contributed by atoms with van der Waals surface area (Å²) >= 11 is 0. The van der Waals surface area contributed by atoms with Crippen LogP contribution in [0, 0.1) is 31.5 Å². The summed E-state index contributed by atoms with van der Waals surface area (Å²) in [4.78, 5) is 84.8. The molecular weight excluding hydrogens is 804 g/mol. The first-order valence-electron chi connectivity index (χ1n) is 22.1. The van der Waals surface area contributed by atoms with Crippen molar-refractivity contribution in [1.82, 2.24) is 23.9 Å². The Morgan fingerprint density at radius 1 is 0.810 bits per heavy atom. The summed E-state index contributed by atoms with van der Waals surface area (Å²) < 4.78 is 19.0. The number of piperidine rings is 3. The summed E-state index contributed by atoms with van der Waals surface area (Å²) in [5.74, 6) is -0.901. The predicted molar refractivity (Wildman–Crippen MR) is 241 cm³/mol. The molecule has 3 amide bonds. The van der Waals surface area contributed by atoms with Crippen LogP contribution in [0.4, 0.5) is 27.3 Å². The highest BCUT2D eigenvalue weighted by molar-refractivity contribution is 6.01. The monoisotopic (exact) mass is 856 g/mol. The number of hydrogen-bond donors (Lipinski definition) is 3. The molecule has 0 unspecified atom stereocenters. The quantitative estimate of drug-likeness (QED) is 0.148. The number of fused-ring (bicyclic) bond motifs is 1. The third kappa shape index (κ3) is 8.33. The van der Waals surface area contributed by atoms with Crippen molar-refractivity contribution in [2.75, 3.05) is 48.3 Å². The lowest BCUT2D eigenvalue weighted by atomic mass is 9.90. The molecule has 4 aliphatic rings. The van der Waals surface area contributed by atoms with Gasteiger partial charge in [-0.2, -0.15) is 0 Å². The number of aryl methyl sites for hydroxylation is 2. The van der Waals surface area contributed by atoms with E-state index >= 15 is 4.39 Å². The molecule has 14 nitrogen and oxygen atoms in total. The average Bonchev–Trinajstić information content (AvgIpc) is 4.11. The van der Waals surface area contributed by atoms with Gasteiger partial charge in [0.15, 0.2) is 0 Å². The Balaban J connectivity index is 0.860. The number of imide groups is 1. The summed E-state index contributed by atoms with van der Waals surface area (Å²) in [5, 5.41) is 8.62. The predicted octanol–water partition coefficient (Wildman–Crippen LogP) is 5.77. The first-order chi connectivity index (χ1) is 30.3. The molecule has 3 aliphatic heterocycles. The van der Waals surface area contributed by atoms with E-state index in [-0.39, 0.29) is 63.6 Å². The molecule has 2 aromatic heterocycles. The molecule has 0 radical (unpaired) electrons. The summed E-state index contributed by atoms with van der Waals surface area (Å²) in [5.41, 5.74) is 2.47. The number of nitrogens with one attached hydrogen (secondary N) is 3. The SMILES string of the molecule is Cc1ccc(Nc2c3c(=O)n(C4CC4)c(=O)n(-c4cccc(NC(=O)C5CCN(CC6CCN(c7ccc([C@@H]8CCC(=O)NC8=O)cc7)CC6)CC5)c4)c3c(C)c(=O)n2C)c(F)c1. The van der Waals surface area contributed by atoms with Crippen LogP contribution >= 0.6 is 0 Å². The van der Waals surface area contributed by atoms with Crippen molar-refractivity contribution in [3.05, 3.63) is 120 Å². The molecule has 1 aliphatic carbocycles. The number of aromatic nitrogens is 3. The van der Waals surface area contributed by atoms with Crippen LogP contribution in [0.25, 0.3) is 16.6 Å². The van der Waals surface area contributed by atoms with E-state index < -0.39 is 22.6 Å². The van der Waals surface area contributed by atoms with Gasteiger partial charge in [-0.15, -0.1) is 0 Å². The van der Waals surface area contributed by atoms with Crippen molar-refractivity contribution in [2.45, 2.75) is 77.2 Å². The van der Waals surface area contributed by atoms with Crippen molar-refractivity contribution in [3.8, 4) is 5.69 Å². The number of pyridine rings is 1. The zero-order chi connectivity index (χ0) is 44.1. The minimum Gasteiger partial charge on any atom is -0.372 e. The number of hydrogen-bond acceptors (Lipinski definition) is 9. The largest absolute Gasteiger partial charge is 0.372 e. The summed E-state index contributed by atoms with van der Waals surface area (Å²) in [6.07, 6.45) is 5.79. The van der Waals surface area contributed by atoms with Crippen molar-refractivity contribution in [1.29, 1.82) is 0 Å². The normalized spacial score (nSPS) is 19.0. The molecule has 0 bridgehead atoms. The van der Waals surface area contributed by atoms with E-state index in [4.69, 9.17) is 0 Å². The molecule has 4 fully saturated rings. The van der Waals surface area contributed by atoms with Crippen molar-refractivity contribution >= 4 is 51.5 Å². The summed E-state index contributed by atoms with van der Waals surface area (Å²) in [6, 6.07) is 19.4. The minimum absolute atomic E-state index is 0.0772. The van der Waals surface area contributed by atoms with E-state index in [0.29, 0.717) is 48.5 Å². The summed E-state index contributed by atoms with van der Waals surface area (Å²) in [6.45, 7) is 7.87. The molecule has 3 saturated heterocycles. The molecule has 1 saturated carbocycles. The highest BCUT2D eigenvalue weighted by Gasteiger charge is 2.33. The number of benzene rings is 3. The van der Waals surface area contributed by atoms with E-state index in [9.17, 15) is 28.8 Å². The maximum absolute atomic E-state index is 15.2. The average molecular weight is 857 g/mol. The number of nitrogens with zero attached hydrogens (tertiary/aromatic N) is 5. The number of carbonyl (C=O) groups is 3. The van der Waals surface area contributed by atoms with Crippen molar-refractivity contribution in [2.24, 2.45) is 18.9 Å². The minimum atomic E-state index is -0.582. The van der Waals surface area contributed by atoms with Crippen LogP contribution in [0.15, 0.2) is 81.1 Å². The van der Waals surface area contributed by atoms with Gasteiger partial charge >= 0.3 is 5.69 Å². The van der Waals surface area contributed by atoms with Gasteiger partial charge in [-0.05, 0) is 131 Å². The second kappa shape index (κ2) is 17.1. The first-order valence-corrected chi connectivity index (χ1v) is 22.1. The Morgan fingerprint density at radius 2 is 1.54 bits per heavy atom. The lowest BCUT2D eigenvalue weighted by Gasteiger charge is -2.38. The van der Waals surface area contributed by atoms with Crippen LogP contribution in [-0.4, -0.2) is 69.0 Å². The molecule has 5 aromatic rings. The zero-order valence-corrected chi connectivity index (χ0v) is 35.9. The molecule has 3 aromatic carbocycles. The van der Waals surface area contributed by atoms with Crippen LogP contribution in [-0.2, 0) is 21.4 Å². The number of rotatable bonds is 10. The number of anilines is 4. The Bertz CT molecular complexity index is 2810. The fraction of sp³-hybridized carbons (Fsp3) is 0.417. The van der Waals surface area contributed by atoms with E-state index in [1.54, 1.807) is 50.2 Å². The number of amides is 3. The third-order valence-electron chi connectivity index (χ3n) is 13.5. The fourth-order valence-electron chi connectivity index (χ4n) is 9.72. The van der Waals surface area contributed by atoms with Crippen LogP contribution in [0.3, 0.4) is 0 Å². The molecule has 15 heteroatoms. The first kappa shape index (κ1) is 42.0. The number of likely N-dealkylation sites (tertiary alicyclic amines) is 1. The van der Waals surface area contributed by atoms with Crippen LogP contribution < -0.4 is 37.7 Å². The van der Waals surface area contributed by atoms with Crippen LogP contribution in [0.5, 0.6) is 0 Å². The van der Waals surface area contributed by atoms with Gasteiger partial charge in [-0.25, -0.2) is 9.18 Å². The molecule has 1 atom stereocenters. The van der Waals surface area contributed by atoms with Gasteiger partial charge in [-0.3, -0.25) is 43.0 Å². The highest BCUT2D eigenvalue weighted by Crippen LogP contribution is 2.35. The Labute approximate surface area is 363 Å². The van der Waals surface area contributed by atoms with Gasteiger partial charge in [0.1, 0.15) is 17.0 Å². The molecular formula is C48H53FN8O6. The van der Waals surface area contributed by atoms with E-state index in [0.717, 1.165) is 69.7 Å². The Morgan fingerprint density at radius 3 is 2.22 bits per heavy atom. The van der Waals surface area contributed by atoms with Crippen LogP contribution in [0.2, 0.25) is 0 Å². The van der Waals surface area contributed by atoms with Gasteiger partial charge < -0.3 is 20.4 Å². The fourth-order valence-corrected chi connectivity index (χ4v) is 9.72. The van der Waals surface area contributed by atoms with E-state index in [1.165, 1.54) is 26.8 Å². The van der Waals surface area contributed by atoms with Crippen molar-refractivity contribution in [3.63, 3.8) is 0 Å². The molecule has 3 N–H and O–H groups in total. The second-order valence-corrected chi connectivity index (χ2v) is 17.8. The van der Waals surface area contributed by atoms with Gasteiger partial charge in [0.05, 0.1) is 22.8 Å². The van der Waals surface area contributed by atoms with E-state index in [1.807, 2.05) is 12.1 Å². The third-order valence-corrected chi connectivity index (χ3v) is 13.5. The van der Waals surface area contributed by atoms with E-state index in [2.05, 4.69) is 37.9 Å². The smallest absolute Gasteiger partial charge is 0.336 e. The lowest BCUT2D eigenvalue weighted by molar-refractivity contribution is -0.134. The van der Waals surface area contributed by atoms with Gasteiger partial charge in [0.2, 0.25) is 17.7 Å². The maximum atomic E-state index is 15.2. The molecule has 5 heterocycles. The lowest BCUT2D eigenvalue weighted by Crippen LogP contribution is -2.43. The summed E-state index contributed by atoms with van der Waals surface area (Å²) in [7, 11) is 1.51. The molecule has 63 heavy (non-hydrogen) atoms. The second-order valence-electron chi connectivity index (χ2n) is 17.8.